The lowest BCUT2D eigenvalue weighted by atomic mass is 10.1. The zero-order valence-corrected chi connectivity index (χ0v) is 11.2. The van der Waals surface area contributed by atoms with Crippen LogP contribution in [-0.4, -0.2) is 10.9 Å². The van der Waals surface area contributed by atoms with Gasteiger partial charge in [0.2, 0.25) is 5.56 Å². The normalized spacial score (nSPS) is 11.9. The summed E-state index contributed by atoms with van der Waals surface area (Å²) in [5.41, 5.74) is 1.33. The van der Waals surface area contributed by atoms with Crippen LogP contribution in [0.4, 0.5) is 4.39 Å². The average Bonchev–Trinajstić information content (AvgIpc) is 2.42. The standard InChI is InChI=1S/C15H15FN2O2/c1-9-3-4-11(7-13(9)16)10(2)18-15(20)12-5-6-14(19)17-8-12/h3-8,10H,1-2H3,(H,17,19)(H,18,20). The first kappa shape index (κ1) is 14.0. The number of pyridine rings is 1. The van der Waals surface area contributed by atoms with Crippen LogP contribution in [0.25, 0.3) is 0 Å². The molecule has 104 valence electrons. The van der Waals surface area contributed by atoms with Gasteiger partial charge in [-0.2, -0.15) is 0 Å². The number of carbonyl (C=O) groups is 1. The molecule has 1 atom stereocenters. The fourth-order valence-corrected chi connectivity index (χ4v) is 1.79. The minimum Gasteiger partial charge on any atom is -0.345 e. The van der Waals surface area contributed by atoms with Crippen LogP contribution in [-0.2, 0) is 0 Å². The van der Waals surface area contributed by atoms with E-state index in [2.05, 4.69) is 10.3 Å². The Kier molecular flexibility index (Phi) is 3.98. The van der Waals surface area contributed by atoms with Crippen LogP contribution in [0.5, 0.6) is 0 Å². The Hall–Kier alpha value is -2.43. The Balaban J connectivity index is 2.12. The number of H-pyrrole nitrogens is 1. The second-order valence-electron chi connectivity index (χ2n) is 4.65. The summed E-state index contributed by atoms with van der Waals surface area (Å²) in [5, 5.41) is 2.75. The molecule has 0 saturated heterocycles. The number of benzene rings is 1. The smallest absolute Gasteiger partial charge is 0.253 e. The third-order valence-electron chi connectivity index (χ3n) is 3.09. The quantitative estimate of drug-likeness (QED) is 0.902. The van der Waals surface area contributed by atoms with Gasteiger partial charge in [0.05, 0.1) is 11.6 Å². The van der Waals surface area contributed by atoms with Crippen LogP contribution in [0, 0.1) is 12.7 Å². The number of hydrogen-bond acceptors (Lipinski definition) is 2. The van der Waals surface area contributed by atoms with Gasteiger partial charge < -0.3 is 10.3 Å². The molecule has 0 saturated carbocycles. The zero-order chi connectivity index (χ0) is 14.7. The maximum absolute atomic E-state index is 13.5. The highest BCUT2D eigenvalue weighted by atomic mass is 19.1. The molecule has 1 unspecified atom stereocenters. The van der Waals surface area contributed by atoms with Gasteiger partial charge in [0.15, 0.2) is 0 Å². The molecule has 2 N–H and O–H groups in total. The second-order valence-corrected chi connectivity index (χ2v) is 4.65. The molecular formula is C15H15FN2O2. The zero-order valence-electron chi connectivity index (χ0n) is 11.2. The van der Waals surface area contributed by atoms with Crippen LogP contribution in [0.3, 0.4) is 0 Å². The van der Waals surface area contributed by atoms with E-state index >= 15 is 0 Å². The molecule has 0 radical (unpaired) electrons. The summed E-state index contributed by atoms with van der Waals surface area (Å²) in [6.07, 6.45) is 1.35. The van der Waals surface area contributed by atoms with E-state index in [1.807, 2.05) is 0 Å². The lowest BCUT2D eigenvalue weighted by molar-refractivity contribution is 0.0939. The number of aromatic nitrogens is 1. The van der Waals surface area contributed by atoms with Gasteiger partial charge in [-0.25, -0.2) is 4.39 Å². The molecule has 0 spiro atoms. The van der Waals surface area contributed by atoms with E-state index in [0.717, 1.165) is 0 Å². The highest BCUT2D eigenvalue weighted by Crippen LogP contribution is 2.16. The van der Waals surface area contributed by atoms with E-state index in [-0.39, 0.29) is 23.3 Å². The highest BCUT2D eigenvalue weighted by Gasteiger charge is 2.12. The lowest BCUT2D eigenvalue weighted by Gasteiger charge is -2.15. The van der Waals surface area contributed by atoms with Crippen LogP contribution < -0.4 is 10.9 Å². The van der Waals surface area contributed by atoms with Crippen LogP contribution in [0.1, 0.15) is 34.5 Å². The van der Waals surface area contributed by atoms with E-state index in [0.29, 0.717) is 16.7 Å². The molecule has 1 aromatic carbocycles. The van der Waals surface area contributed by atoms with Crippen molar-refractivity contribution in [2.45, 2.75) is 19.9 Å². The van der Waals surface area contributed by atoms with Gasteiger partial charge >= 0.3 is 0 Å². The Bertz CT molecular complexity index is 674. The predicted molar refractivity (Wildman–Crippen MR) is 74.1 cm³/mol. The Morgan fingerprint density at radius 1 is 1.30 bits per heavy atom. The van der Waals surface area contributed by atoms with Gasteiger partial charge in [0, 0.05) is 12.3 Å². The number of rotatable bonds is 3. The molecule has 20 heavy (non-hydrogen) atoms. The predicted octanol–water partition coefficient (Wildman–Crippen LogP) is 2.31. The van der Waals surface area contributed by atoms with E-state index in [1.165, 1.54) is 24.4 Å². The highest BCUT2D eigenvalue weighted by molar-refractivity contribution is 5.94. The summed E-state index contributed by atoms with van der Waals surface area (Å²) < 4.78 is 13.5. The number of halogens is 1. The lowest BCUT2D eigenvalue weighted by Crippen LogP contribution is -2.27. The Morgan fingerprint density at radius 2 is 2.05 bits per heavy atom. The third kappa shape index (κ3) is 3.12. The van der Waals surface area contributed by atoms with Crippen molar-refractivity contribution >= 4 is 5.91 Å². The summed E-state index contributed by atoms with van der Waals surface area (Å²) in [6.45, 7) is 3.45. The summed E-state index contributed by atoms with van der Waals surface area (Å²) in [5.74, 6) is -0.623. The maximum atomic E-state index is 13.5. The van der Waals surface area contributed by atoms with Crippen molar-refractivity contribution in [3.63, 3.8) is 0 Å². The van der Waals surface area contributed by atoms with Gasteiger partial charge in [-0.05, 0) is 37.1 Å². The van der Waals surface area contributed by atoms with Crippen LogP contribution in [0.15, 0.2) is 41.3 Å². The van der Waals surface area contributed by atoms with Crippen molar-refractivity contribution in [1.82, 2.24) is 10.3 Å². The van der Waals surface area contributed by atoms with E-state index in [4.69, 9.17) is 0 Å². The van der Waals surface area contributed by atoms with Gasteiger partial charge in [-0.15, -0.1) is 0 Å². The SMILES string of the molecule is Cc1ccc(C(C)NC(=O)c2ccc(=O)[nH]c2)cc1F. The number of amides is 1. The van der Waals surface area contributed by atoms with Gasteiger partial charge in [0.1, 0.15) is 5.82 Å². The first-order valence-corrected chi connectivity index (χ1v) is 6.23. The molecule has 1 aromatic heterocycles. The van der Waals surface area contributed by atoms with Crippen molar-refractivity contribution in [3.8, 4) is 0 Å². The van der Waals surface area contributed by atoms with Crippen molar-refractivity contribution in [2.24, 2.45) is 0 Å². The van der Waals surface area contributed by atoms with Gasteiger partial charge in [-0.1, -0.05) is 12.1 Å². The average molecular weight is 274 g/mol. The second kappa shape index (κ2) is 5.69. The molecule has 5 heteroatoms. The topological polar surface area (TPSA) is 62.0 Å². The number of aromatic amines is 1. The third-order valence-corrected chi connectivity index (χ3v) is 3.09. The molecular weight excluding hydrogens is 259 g/mol. The molecule has 0 aliphatic heterocycles. The summed E-state index contributed by atoms with van der Waals surface area (Å²) in [7, 11) is 0. The van der Waals surface area contributed by atoms with Crippen molar-refractivity contribution in [3.05, 3.63) is 69.4 Å². The fourth-order valence-electron chi connectivity index (χ4n) is 1.79. The van der Waals surface area contributed by atoms with Gasteiger partial charge in [0.25, 0.3) is 5.91 Å². The minimum atomic E-state index is -0.329. The Morgan fingerprint density at radius 3 is 2.65 bits per heavy atom. The van der Waals surface area contributed by atoms with E-state index in [9.17, 15) is 14.0 Å². The molecule has 2 aromatic rings. The molecule has 1 heterocycles. The van der Waals surface area contributed by atoms with E-state index < -0.39 is 0 Å². The Labute approximate surface area is 115 Å². The minimum absolute atomic E-state index is 0.268. The molecule has 0 aliphatic carbocycles. The first-order chi connectivity index (χ1) is 9.47. The van der Waals surface area contributed by atoms with Crippen molar-refractivity contribution in [1.29, 1.82) is 0 Å². The molecule has 1 amide bonds. The number of hydrogen-bond donors (Lipinski definition) is 2. The fraction of sp³-hybridized carbons (Fsp3) is 0.200. The van der Waals surface area contributed by atoms with E-state index in [1.54, 1.807) is 26.0 Å². The summed E-state index contributed by atoms with van der Waals surface area (Å²) in [6, 6.07) is 7.25. The number of aryl methyl sites for hydroxylation is 1. The maximum Gasteiger partial charge on any atom is 0.253 e. The molecule has 0 aliphatic rings. The van der Waals surface area contributed by atoms with Crippen LogP contribution in [0.2, 0.25) is 0 Å². The number of nitrogens with one attached hydrogen (secondary N) is 2. The molecule has 2 rings (SSSR count). The molecule has 4 nitrogen and oxygen atoms in total. The first-order valence-electron chi connectivity index (χ1n) is 6.23. The monoisotopic (exact) mass is 274 g/mol. The summed E-state index contributed by atoms with van der Waals surface area (Å²) in [4.78, 5) is 25.3. The van der Waals surface area contributed by atoms with Crippen LogP contribution >= 0.6 is 0 Å². The summed E-state index contributed by atoms with van der Waals surface area (Å²) >= 11 is 0. The van der Waals surface area contributed by atoms with Crippen molar-refractivity contribution in [2.75, 3.05) is 0 Å². The number of carbonyl (C=O) groups excluding carboxylic acids is 1. The molecule has 0 bridgehead atoms. The largest absolute Gasteiger partial charge is 0.345 e. The van der Waals surface area contributed by atoms with Crippen molar-refractivity contribution < 1.29 is 9.18 Å². The molecule has 0 fully saturated rings. The van der Waals surface area contributed by atoms with Gasteiger partial charge in [-0.3, -0.25) is 9.59 Å².